The van der Waals surface area contributed by atoms with E-state index in [4.69, 9.17) is 9.47 Å². The zero-order chi connectivity index (χ0) is 15.1. The highest BCUT2D eigenvalue weighted by Crippen LogP contribution is 2.26. The van der Waals surface area contributed by atoms with E-state index in [0.717, 1.165) is 45.6 Å². The molecule has 1 fully saturated rings. The van der Waals surface area contributed by atoms with Crippen LogP contribution in [0.4, 0.5) is 5.69 Å². The van der Waals surface area contributed by atoms with Crippen LogP contribution in [-0.4, -0.2) is 46.6 Å². The minimum atomic E-state index is 0.426. The first-order valence-corrected chi connectivity index (χ1v) is 7.81. The Morgan fingerprint density at radius 2 is 2.00 bits per heavy atom. The molecule has 21 heavy (non-hydrogen) atoms. The lowest BCUT2D eigenvalue weighted by Gasteiger charge is -2.34. The van der Waals surface area contributed by atoms with E-state index in [1.54, 1.807) is 7.11 Å². The summed E-state index contributed by atoms with van der Waals surface area (Å²) in [6.07, 6.45) is 2.65. The van der Waals surface area contributed by atoms with Crippen molar-refractivity contribution in [3.05, 3.63) is 29.3 Å². The number of hydrogen-bond donors (Lipinski definition) is 1. The Labute approximate surface area is 128 Å². The number of rotatable bonds is 7. The Morgan fingerprint density at radius 1 is 1.24 bits per heavy atom. The molecular formula is C17H28N2O2. The lowest BCUT2D eigenvalue weighted by atomic mass is 10.0. The molecule has 4 nitrogen and oxygen atoms in total. The van der Waals surface area contributed by atoms with Crippen molar-refractivity contribution in [2.24, 2.45) is 0 Å². The SMILES string of the molecule is COCCNCc1cc(C)ccc1N1CCC(OC)CC1. The summed E-state index contributed by atoms with van der Waals surface area (Å²) in [6, 6.07) is 6.75. The van der Waals surface area contributed by atoms with Gasteiger partial charge in [-0.25, -0.2) is 0 Å². The van der Waals surface area contributed by atoms with Crippen LogP contribution in [0.5, 0.6) is 0 Å². The fraction of sp³-hybridized carbons (Fsp3) is 0.647. The fourth-order valence-electron chi connectivity index (χ4n) is 2.89. The number of anilines is 1. The summed E-state index contributed by atoms with van der Waals surface area (Å²) >= 11 is 0. The number of ether oxygens (including phenoxy) is 2. The molecule has 1 aliphatic rings. The van der Waals surface area contributed by atoms with E-state index in [-0.39, 0.29) is 0 Å². The third-order valence-electron chi connectivity index (χ3n) is 4.15. The van der Waals surface area contributed by atoms with Crippen LogP contribution in [0.3, 0.4) is 0 Å². The van der Waals surface area contributed by atoms with Gasteiger partial charge in [0, 0.05) is 46.1 Å². The van der Waals surface area contributed by atoms with Crippen molar-refractivity contribution in [1.29, 1.82) is 0 Å². The minimum absolute atomic E-state index is 0.426. The Bertz CT molecular complexity index is 429. The van der Waals surface area contributed by atoms with Gasteiger partial charge in [-0.05, 0) is 31.4 Å². The normalized spacial score (nSPS) is 16.4. The molecule has 0 aromatic heterocycles. The van der Waals surface area contributed by atoms with Crippen LogP contribution >= 0.6 is 0 Å². The molecule has 1 aliphatic heterocycles. The Hall–Kier alpha value is -1.10. The van der Waals surface area contributed by atoms with Crippen LogP contribution in [-0.2, 0) is 16.0 Å². The van der Waals surface area contributed by atoms with Gasteiger partial charge in [0.2, 0.25) is 0 Å². The highest BCUT2D eigenvalue weighted by Gasteiger charge is 2.20. The molecule has 0 saturated carbocycles. The number of aryl methyl sites for hydroxylation is 1. The molecule has 0 aliphatic carbocycles. The highest BCUT2D eigenvalue weighted by molar-refractivity contribution is 5.55. The topological polar surface area (TPSA) is 33.7 Å². The van der Waals surface area contributed by atoms with Crippen LogP contribution in [0.2, 0.25) is 0 Å². The molecule has 1 saturated heterocycles. The lowest BCUT2D eigenvalue weighted by Crippen LogP contribution is -2.37. The number of piperidine rings is 1. The van der Waals surface area contributed by atoms with Crippen molar-refractivity contribution in [3.8, 4) is 0 Å². The van der Waals surface area contributed by atoms with Gasteiger partial charge in [0.1, 0.15) is 0 Å². The maximum Gasteiger partial charge on any atom is 0.0605 e. The Balaban J connectivity index is 2.01. The predicted molar refractivity (Wildman–Crippen MR) is 87.0 cm³/mol. The van der Waals surface area contributed by atoms with Gasteiger partial charge in [-0.15, -0.1) is 0 Å². The summed E-state index contributed by atoms with van der Waals surface area (Å²) in [4.78, 5) is 2.49. The van der Waals surface area contributed by atoms with Crippen molar-refractivity contribution in [1.82, 2.24) is 5.32 Å². The fourth-order valence-corrected chi connectivity index (χ4v) is 2.89. The summed E-state index contributed by atoms with van der Waals surface area (Å²) in [5.74, 6) is 0. The largest absolute Gasteiger partial charge is 0.383 e. The Morgan fingerprint density at radius 3 is 2.67 bits per heavy atom. The summed E-state index contributed by atoms with van der Waals surface area (Å²) in [6.45, 7) is 6.83. The molecule has 1 aromatic rings. The molecule has 0 bridgehead atoms. The molecule has 0 amide bonds. The standard InChI is InChI=1S/C17H28N2O2/c1-14-4-5-17(15(12-14)13-18-8-11-20-2)19-9-6-16(21-3)7-10-19/h4-5,12,16,18H,6-11,13H2,1-3H3. The molecule has 0 unspecified atom stereocenters. The average molecular weight is 292 g/mol. The van der Waals surface area contributed by atoms with Crippen molar-refractivity contribution in [2.75, 3.05) is 45.4 Å². The number of benzene rings is 1. The van der Waals surface area contributed by atoms with Crippen molar-refractivity contribution in [3.63, 3.8) is 0 Å². The smallest absolute Gasteiger partial charge is 0.0605 e. The average Bonchev–Trinajstić information content (AvgIpc) is 2.52. The van der Waals surface area contributed by atoms with Crippen LogP contribution < -0.4 is 10.2 Å². The second-order valence-corrected chi connectivity index (χ2v) is 5.72. The van der Waals surface area contributed by atoms with E-state index in [1.165, 1.54) is 16.8 Å². The number of nitrogens with one attached hydrogen (secondary N) is 1. The van der Waals surface area contributed by atoms with Crippen LogP contribution in [0, 0.1) is 6.92 Å². The van der Waals surface area contributed by atoms with Gasteiger partial charge in [-0.3, -0.25) is 0 Å². The second-order valence-electron chi connectivity index (χ2n) is 5.72. The molecule has 0 radical (unpaired) electrons. The molecule has 1 heterocycles. The number of nitrogens with zero attached hydrogens (tertiary/aromatic N) is 1. The summed E-state index contributed by atoms with van der Waals surface area (Å²) < 4.78 is 10.6. The molecule has 2 rings (SSSR count). The van der Waals surface area contributed by atoms with Crippen molar-refractivity contribution >= 4 is 5.69 Å². The lowest BCUT2D eigenvalue weighted by molar-refractivity contribution is 0.0819. The second kappa shape index (κ2) is 8.37. The zero-order valence-corrected chi connectivity index (χ0v) is 13.5. The molecule has 1 aromatic carbocycles. The van der Waals surface area contributed by atoms with Gasteiger partial charge >= 0.3 is 0 Å². The third-order valence-corrected chi connectivity index (χ3v) is 4.15. The van der Waals surface area contributed by atoms with E-state index in [9.17, 15) is 0 Å². The van der Waals surface area contributed by atoms with Crippen molar-refractivity contribution in [2.45, 2.75) is 32.4 Å². The summed E-state index contributed by atoms with van der Waals surface area (Å²) in [5.41, 5.74) is 4.05. The van der Waals surface area contributed by atoms with Crippen LogP contribution in [0.15, 0.2) is 18.2 Å². The summed E-state index contributed by atoms with van der Waals surface area (Å²) in [5, 5.41) is 3.45. The molecule has 0 spiro atoms. The third kappa shape index (κ3) is 4.70. The first-order valence-electron chi connectivity index (χ1n) is 7.81. The van der Waals surface area contributed by atoms with Gasteiger partial charge in [0.05, 0.1) is 12.7 Å². The van der Waals surface area contributed by atoms with E-state index >= 15 is 0 Å². The van der Waals surface area contributed by atoms with E-state index in [2.05, 4.69) is 35.3 Å². The van der Waals surface area contributed by atoms with Gasteiger partial charge in [0.25, 0.3) is 0 Å². The molecular weight excluding hydrogens is 264 g/mol. The van der Waals surface area contributed by atoms with Gasteiger partial charge < -0.3 is 19.7 Å². The van der Waals surface area contributed by atoms with E-state index in [1.807, 2.05) is 7.11 Å². The summed E-state index contributed by atoms with van der Waals surface area (Å²) in [7, 11) is 3.55. The van der Waals surface area contributed by atoms with Gasteiger partial charge in [-0.1, -0.05) is 17.7 Å². The molecule has 118 valence electrons. The molecule has 1 N–H and O–H groups in total. The molecule has 4 heteroatoms. The molecule has 0 atom stereocenters. The van der Waals surface area contributed by atoms with E-state index < -0.39 is 0 Å². The van der Waals surface area contributed by atoms with Crippen molar-refractivity contribution < 1.29 is 9.47 Å². The number of methoxy groups -OCH3 is 2. The zero-order valence-electron chi connectivity index (χ0n) is 13.5. The van der Waals surface area contributed by atoms with Crippen LogP contribution in [0.25, 0.3) is 0 Å². The van der Waals surface area contributed by atoms with Crippen LogP contribution in [0.1, 0.15) is 24.0 Å². The predicted octanol–water partition coefficient (Wildman–Crippen LogP) is 2.35. The van der Waals surface area contributed by atoms with E-state index in [0.29, 0.717) is 6.10 Å². The highest BCUT2D eigenvalue weighted by atomic mass is 16.5. The first-order chi connectivity index (χ1) is 10.2. The van der Waals surface area contributed by atoms with Gasteiger partial charge in [0.15, 0.2) is 0 Å². The Kier molecular flexibility index (Phi) is 6.49. The monoisotopic (exact) mass is 292 g/mol. The maximum absolute atomic E-state index is 5.46. The maximum atomic E-state index is 5.46. The van der Waals surface area contributed by atoms with Gasteiger partial charge in [-0.2, -0.15) is 0 Å². The quantitative estimate of drug-likeness (QED) is 0.782. The number of hydrogen-bond acceptors (Lipinski definition) is 4. The first kappa shape index (κ1) is 16.3. The minimum Gasteiger partial charge on any atom is -0.383 e.